The standard InChI is InChI=1S/C127H82N8/c1-127(2)110-44-20-15-39-96(110)97-58-49-89(77-111(97)127)126-128-112(87-27-25-37-94(67-87)134-122-63-54-83(79-50-59-118-102(69-79)98-40-16-21-45-114(98)130(118)90-29-7-3-8-30-90)73-106(122)107-74-84(55-64-123(107)134)80-51-60-119-103(70-80)99-41-17-22-46-115(99)131(119)91-31-9-4-10-32-91)78-113(129-126)88-28-26-38-95(68-88)135-124-65-56-85(81-52-61-120-104(71-81)100-42-18-23-47-116(100)132(120)92-33-11-5-12-34-92)75-108(124)109-76-86(57-66-125(109)135)82-53-62-121-105(72-82)101-43-19-24-48-117(101)133(121)93-35-13-6-14-36-93/h3-78H,1-2H3. The number of para-hydroxylation sites is 8. The lowest BCUT2D eigenvalue weighted by atomic mass is 9.82. The molecule has 0 atom stereocenters. The Hall–Kier alpha value is -17.7. The zero-order chi connectivity index (χ0) is 88.8. The number of aromatic nitrogens is 8. The van der Waals surface area contributed by atoms with Crippen molar-refractivity contribution in [3.63, 3.8) is 0 Å². The van der Waals surface area contributed by atoms with Gasteiger partial charge in [-0.1, -0.05) is 269 Å². The van der Waals surface area contributed by atoms with Gasteiger partial charge in [-0.2, -0.15) is 0 Å². The first-order chi connectivity index (χ1) is 66.7. The van der Waals surface area contributed by atoms with Gasteiger partial charge in [0.25, 0.3) is 0 Å². The van der Waals surface area contributed by atoms with Crippen LogP contribution in [0.15, 0.2) is 461 Å². The highest BCUT2D eigenvalue weighted by atomic mass is 15.0. The second-order valence-electron chi connectivity index (χ2n) is 36.8. The molecule has 0 bridgehead atoms. The molecular formula is C127H82N8. The van der Waals surface area contributed by atoms with Crippen molar-refractivity contribution < 1.29 is 0 Å². The topological polar surface area (TPSA) is 55.4 Å². The van der Waals surface area contributed by atoms with E-state index in [0.717, 1.165) is 150 Å². The van der Waals surface area contributed by atoms with Crippen molar-refractivity contribution in [1.82, 2.24) is 37.4 Å². The molecule has 28 rings (SSSR count). The van der Waals surface area contributed by atoms with Crippen molar-refractivity contribution in [2.45, 2.75) is 19.3 Å². The van der Waals surface area contributed by atoms with E-state index < -0.39 is 0 Å². The Morgan fingerprint density at radius 2 is 0.393 bits per heavy atom. The molecule has 8 heteroatoms. The lowest BCUT2D eigenvalue weighted by molar-refractivity contribution is 0.660. The Labute approximate surface area is 777 Å². The maximum absolute atomic E-state index is 5.76. The molecule has 1 aliphatic rings. The van der Waals surface area contributed by atoms with Crippen LogP contribution in [0.5, 0.6) is 0 Å². The van der Waals surface area contributed by atoms with Crippen LogP contribution in [0.25, 0.3) is 254 Å². The molecule has 0 aliphatic heterocycles. The average molecular weight is 1720 g/mol. The van der Waals surface area contributed by atoms with Gasteiger partial charge in [-0.3, -0.25) is 0 Å². The molecule has 0 spiro atoms. The van der Waals surface area contributed by atoms with Gasteiger partial charge in [0.1, 0.15) is 0 Å². The lowest BCUT2D eigenvalue weighted by Crippen LogP contribution is -2.15. The molecule has 0 unspecified atom stereocenters. The second kappa shape index (κ2) is 29.7. The summed E-state index contributed by atoms with van der Waals surface area (Å²) in [6.45, 7) is 4.70. The zero-order valence-corrected chi connectivity index (χ0v) is 74.0. The molecule has 7 aromatic heterocycles. The smallest absolute Gasteiger partial charge is 0.160 e. The molecule has 1 aliphatic carbocycles. The van der Waals surface area contributed by atoms with Crippen molar-refractivity contribution in [1.29, 1.82) is 0 Å². The first kappa shape index (κ1) is 76.2. The Morgan fingerprint density at radius 3 is 0.704 bits per heavy atom. The summed E-state index contributed by atoms with van der Waals surface area (Å²) < 4.78 is 14.5. The summed E-state index contributed by atoms with van der Waals surface area (Å²) in [5, 5.41) is 14.4. The Bertz CT molecular complexity index is 8720. The second-order valence-corrected chi connectivity index (χ2v) is 36.8. The molecule has 0 N–H and O–H groups in total. The van der Waals surface area contributed by atoms with Gasteiger partial charge in [-0.25, -0.2) is 9.97 Å². The minimum atomic E-state index is -0.260. The predicted octanol–water partition coefficient (Wildman–Crippen LogP) is 33.0. The molecule has 0 radical (unpaired) electrons. The van der Waals surface area contributed by atoms with Crippen molar-refractivity contribution in [2.75, 3.05) is 0 Å². The van der Waals surface area contributed by atoms with Crippen LogP contribution in [0.4, 0.5) is 0 Å². The van der Waals surface area contributed by atoms with Crippen LogP contribution in [0.3, 0.4) is 0 Å². The maximum atomic E-state index is 5.76. The highest BCUT2D eigenvalue weighted by Crippen LogP contribution is 2.52. The molecule has 630 valence electrons. The fourth-order valence-corrected chi connectivity index (χ4v) is 22.7. The monoisotopic (exact) mass is 1720 g/mol. The van der Waals surface area contributed by atoms with E-state index in [1.807, 2.05) is 0 Å². The molecule has 27 aromatic rings. The third-order valence-corrected chi connectivity index (χ3v) is 29.0. The van der Waals surface area contributed by atoms with Crippen LogP contribution in [-0.4, -0.2) is 37.4 Å². The molecular weight excluding hydrogens is 1640 g/mol. The van der Waals surface area contributed by atoms with Crippen molar-refractivity contribution in [3.05, 3.63) is 472 Å². The van der Waals surface area contributed by atoms with Crippen LogP contribution >= 0.6 is 0 Å². The number of hydrogen-bond acceptors (Lipinski definition) is 2. The van der Waals surface area contributed by atoms with E-state index in [1.54, 1.807) is 0 Å². The quantitative estimate of drug-likeness (QED) is 0.116. The maximum Gasteiger partial charge on any atom is 0.160 e. The molecule has 0 amide bonds. The van der Waals surface area contributed by atoms with E-state index in [4.69, 9.17) is 9.97 Å². The van der Waals surface area contributed by atoms with E-state index in [2.05, 4.69) is 502 Å². The highest BCUT2D eigenvalue weighted by Gasteiger charge is 2.36. The molecule has 135 heavy (non-hydrogen) atoms. The first-order valence-electron chi connectivity index (χ1n) is 46.6. The van der Waals surface area contributed by atoms with Crippen LogP contribution in [0.2, 0.25) is 0 Å². The number of nitrogens with zero attached hydrogens (tertiary/aromatic N) is 8. The summed E-state index contributed by atoms with van der Waals surface area (Å²) in [6.07, 6.45) is 0. The summed E-state index contributed by atoms with van der Waals surface area (Å²) >= 11 is 0. The van der Waals surface area contributed by atoms with Crippen LogP contribution in [-0.2, 0) is 5.41 Å². The predicted molar refractivity (Wildman–Crippen MR) is 564 cm³/mol. The first-order valence-corrected chi connectivity index (χ1v) is 46.6. The van der Waals surface area contributed by atoms with Gasteiger partial charge in [0, 0.05) is 121 Å². The van der Waals surface area contributed by atoms with Gasteiger partial charge in [-0.05, 0) is 273 Å². The van der Waals surface area contributed by atoms with Crippen molar-refractivity contribution in [3.8, 4) is 124 Å². The van der Waals surface area contributed by atoms with Crippen LogP contribution in [0, 0.1) is 0 Å². The summed E-state index contributed by atoms with van der Waals surface area (Å²) in [5.74, 6) is 0.651. The minimum Gasteiger partial charge on any atom is -0.309 e. The Kier molecular flexibility index (Phi) is 16.7. The average Bonchev–Trinajstić information content (AvgIpc) is 1.56. The van der Waals surface area contributed by atoms with Gasteiger partial charge >= 0.3 is 0 Å². The summed E-state index contributed by atoms with van der Waals surface area (Å²) in [6, 6.07) is 171. The fourth-order valence-electron chi connectivity index (χ4n) is 22.7. The van der Waals surface area contributed by atoms with Crippen molar-refractivity contribution in [2.24, 2.45) is 0 Å². The van der Waals surface area contributed by atoms with E-state index in [1.165, 1.54) is 109 Å². The summed E-state index contributed by atoms with van der Waals surface area (Å²) in [5.41, 5.74) is 38.9. The van der Waals surface area contributed by atoms with E-state index >= 15 is 0 Å². The van der Waals surface area contributed by atoms with Gasteiger partial charge < -0.3 is 27.4 Å². The van der Waals surface area contributed by atoms with Crippen LogP contribution < -0.4 is 0 Å². The fraction of sp³-hybridized carbons (Fsp3) is 0.0236. The minimum absolute atomic E-state index is 0.260. The zero-order valence-electron chi connectivity index (χ0n) is 74.0. The van der Waals surface area contributed by atoms with E-state index in [0.29, 0.717) is 5.82 Å². The van der Waals surface area contributed by atoms with Gasteiger partial charge in [0.05, 0.1) is 77.6 Å². The molecule has 0 fully saturated rings. The molecule has 20 aromatic carbocycles. The van der Waals surface area contributed by atoms with E-state index in [9.17, 15) is 0 Å². The number of rotatable bonds is 13. The van der Waals surface area contributed by atoms with Gasteiger partial charge in [0.2, 0.25) is 0 Å². The third kappa shape index (κ3) is 11.8. The molecule has 0 saturated carbocycles. The Balaban J connectivity index is 0.613. The molecule has 8 nitrogen and oxygen atoms in total. The van der Waals surface area contributed by atoms with E-state index in [-0.39, 0.29) is 5.41 Å². The molecule has 7 heterocycles. The largest absolute Gasteiger partial charge is 0.309 e. The SMILES string of the molecule is CC1(C)c2ccccc2-c2ccc(-c3nc(-c4cccc(-n5c6ccc(-c7ccc8c(c7)c7ccccc7n8-c7ccccc7)cc6c6cc(-c7ccc8c(c7)c7ccccc7n8-c7ccccc7)ccc65)c4)cc(-c4cccc(-n5c6ccc(-c7ccc8c(c7)c7ccccc7n8-c7ccccc7)cc6c6cc(-c7ccc8c(c7)c7ccccc7n8-c7ccccc7)ccc65)c4)n3)cc21. The third-order valence-electron chi connectivity index (χ3n) is 29.0. The van der Waals surface area contributed by atoms with Crippen LogP contribution in [0.1, 0.15) is 25.0 Å². The Morgan fingerprint density at radius 1 is 0.156 bits per heavy atom. The van der Waals surface area contributed by atoms with Gasteiger partial charge in [-0.15, -0.1) is 0 Å². The molecule has 0 saturated heterocycles. The summed E-state index contributed by atoms with van der Waals surface area (Å²) in [7, 11) is 0. The number of benzene rings is 20. The van der Waals surface area contributed by atoms with Crippen molar-refractivity contribution >= 4 is 131 Å². The lowest BCUT2D eigenvalue weighted by Gasteiger charge is -2.22. The highest BCUT2D eigenvalue weighted by molar-refractivity contribution is 6.18. The number of hydrogen-bond donors (Lipinski definition) is 0. The number of fused-ring (bicyclic) bond motifs is 21. The summed E-state index contributed by atoms with van der Waals surface area (Å²) in [4.78, 5) is 11.5. The van der Waals surface area contributed by atoms with Gasteiger partial charge in [0.15, 0.2) is 5.82 Å². The normalized spacial score (nSPS) is 12.6.